The predicted octanol–water partition coefficient (Wildman–Crippen LogP) is 7.64. The van der Waals surface area contributed by atoms with E-state index in [0.717, 1.165) is 60.8 Å². The monoisotopic (exact) mass is 464 g/mol. The highest BCUT2D eigenvalue weighted by Gasteiger charge is 2.59. The highest BCUT2D eigenvalue weighted by Crippen LogP contribution is 2.67. The fourth-order valence-electron chi connectivity index (χ4n) is 9.53. The molecular weight excluding hydrogens is 416 g/mol. The van der Waals surface area contributed by atoms with Crippen molar-refractivity contribution in [3.63, 3.8) is 0 Å². The molecule has 0 aromatic heterocycles. The van der Waals surface area contributed by atoms with Gasteiger partial charge in [0.15, 0.2) is 0 Å². The quantitative estimate of drug-likeness (QED) is 0.425. The van der Waals surface area contributed by atoms with Crippen LogP contribution in [-0.2, 0) is 5.60 Å². The van der Waals surface area contributed by atoms with Crippen LogP contribution in [0.15, 0.2) is 42.0 Å². The Bertz CT molecular complexity index is 888. The summed E-state index contributed by atoms with van der Waals surface area (Å²) in [6, 6.07) is 10.2. The number of hydrogen-bond donors (Lipinski definition) is 2. The molecule has 0 saturated heterocycles. The van der Waals surface area contributed by atoms with Crippen molar-refractivity contribution < 1.29 is 10.2 Å². The minimum atomic E-state index is -0.726. The van der Waals surface area contributed by atoms with Gasteiger partial charge >= 0.3 is 0 Å². The molecule has 34 heavy (non-hydrogen) atoms. The molecule has 4 aliphatic carbocycles. The third-order valence-corrected chi connectivity index (χ3v) is 11.6. The molecule has 9 atom stereocenters. The molecule has 1 aromatic rings. The van der Waals surface area contributed by atoms with Crippen molar-refractivity contribution in [3.05, 3.63) is 47.5 Å². The summed E-state index contributed by atoms with van der Waals surface area (Å²) in [4.78, 5) is 0. The lowest BCUT2D eigenvalue weighted by Crippen LogP contribution is -2.50. The second kappa shape index (κ2) is 9.07. The van der Waals surface area contributed by atoms with Gasteiger partial charge in [-0.3, -0.25) is 0 Å². The van der Waals surface area contributed by atoms with Crippen LogP contribution in [0.2, 0.25) is 0 Å². The Balaban J connectivity index is 1.24. The maximum Gasteiger partial charge on any atom is 0.0868 e. The molecule has 2 heteroatoms. The van der Waals surface area contributed by atoms with Gasteiger partial charge in [-0.05, 0) is 117 Å². The third kappa shape index (κ3) is 4.11. The third-order valence-electron chi connectivity index (χ3n) is 11.6. The Labute approximate surface area is 208 Å². The zero-order chi connectivity index (χ0) is 24.1. The SMILES string of the molecule is C[C@H](CCC[C@](C)(O)c1ccccc1)[C@@H]1CC[C@@H]2[C@@H]3CC=C4C[C@H](O)CC[C@]4(C)[C@@H]3CC[C@@]21C. The van der Waals surface area contributed by atoms with E-state index in [2.05, 4.69) is 39.0 Å². The number of aliphatic hydroxyl groups is 2. The summed E-state index contributed by atoms with van der Waals surface area (Å²) in [7, 11) is 0. The van der Waals surface area contributed by atoms with Crippen LogP contribution >= 0.6 is 0 Å². The number of fused-ring (bicyclic) bond motifs is 5. The summed E-state index contributed by atoms with van der Waals surface area (Å²) in [6.07, 6.45) is 15.6. The Morgan fingerprint density at radius 3 is 2.56 bits per heavy atom. The van der Waals surface area contributed by atoms with Crippen molar-refractivity contribution in [2.45, 2.75) is 110 Å². The first-order valence-corrected chi connectivity index (χ1v) is 14.3. The molecule has 4 aliphatic rings. The number of benzene rings is 1. The van der Waals surface area contributed by atoms with Crippen molar-refractivity contribution in [2.24, 2.45) is 40.4 Å². The van der Waals surface area contributed by atoms with E-state index in [1.807, 2.05) is 25.1 Å². The fourth-order valence-corrected chi connectivity index (χ4v) is 9.53. The molecule has 3 saturated carbocycles. The van der Waals surface area contributed by atoms with Crippen molar-refractivity contribution in [1.82, 2.24) is 0 Å². The predicted molar refractivity (Wildman–Crippen MR) is 140 cm³/mol. The van der Waals surface area contributed by atoms with Crippen molar-refractivity contribution in [1.29, 1.82) is 0 Å². The van der Waals surface area contributed by atoms with E-state index in [9.17, 15) is 10.2 Å². The van der Waals surface area contributed by atoms with Gasteiger partial charge in [-0.2, -0.15) is 0 Å². The standard InChI is InChI=1S/C32H48O2/c1-22(9-8-18-32(4,34)23-10-6-5-7-11-23)27-14-15-28-26-13-12-24-21-25(33)16-19-30(24,2)29(26)17-20-31(27,28)3/h5-7,10-12,22,25-29,33-34H,8-9,13-21H2,1-4H3/t22-,25-,26+,27+,28-,29-,30+,31-,32+/m1/s1. The van der Waals surface area contributed by atoms with Crippen LogP contribution < -0.4 is 0 Å². The minimum absolute atomic E-state index is 0.107. The maximum absolute atomic E-state index is 11.0. The Morgan fingerprint density at radius 2 is 1.79 bits per heavy atom. The largest absolute Gasteiger partial charge is 0.393 e. The summed E-state index contributed by atoms with van der Waals surface area (Å²) in [6.45, 7) is 9.67. The molecule has 2 N–H and O–H groups in total. The molecule has 5 rings (SSSR count). The average molecular weight is 465 g/mol. The lowest BCUT2D eigenvalue weighted by atomic mass is 9.47. The van der Waals surface area contributed by atoms with E-state index in [1.165, 1.54) is 44.9 Å². The lowest BCUT2D eigenvalue weighted by molar-refractivity contribution is -0.0576. The van der Waals surface area contributed by atoms with E-state index < -0.39 is 5.60 Å². The number of hydrogen-bond acceptors (Lipinski definition) is 2. The average Bonchev–Trinajstić information content (AvgIpc) is 3.17. The Hall–Kier alpha value is -1.12. The normalized spacial score (nSPS) is 42.1. The zero-order valence-corrected chi connectivity index (χ0v) is 22.1. The van der Waals surface area contributed by atoms with Crippen LogP contribution in [0, 0.1) is 40.4 Å². The molecular formula is C32H48O2. The molecule has 0 heterocycles. The van der Waals surface area contributed by atoms with Crippen LogP contribution in [0.4, 0.5) is 0 Å². The Kier molecular flexibility index (Phi) is 6.56. The highest BCUT2D eigenvalue weighted by molar-refractivity contribution is 5.25. The van der Waals surface area contributed by atoms with Gasteiger partial charge < -0.3 is 10.2 Å². The van der Waals surface area contributed by atoms with Gasteiger partial charge in [0.05, 0.1) is 11.7 Å². The molecule has 188 valence electrons. The molecule has 3 fully saturated rings. The molecule has 0 unspecified atom stereocenters. The van der Waals surface area contributed by atoms with Gasteiger partial charge in [-0.1, -0.05) is 69.2 Å². The first kappa shape index (κ1) is 24.6. The van der Waals surface area contributed by atoms with Gasteiger partial charge in [-0.15, -0.1) is 0 Å². The fraction of sp³-hybridized carbons (Fsp3) is 0.750. The number of allylic oxidation sites excluding steroid dienone is 1. The molecule has 2 nitrogen and oxygen atoms in total. The second-order valence-corrected chi connectivity index (χ2v) is 13.4. The van der Waals surface area contributed by atoms with Gasteiger partial charge in [0.1, 0.15) is 0 Å². The van der Waals surface area contributed by atoms with Crippen LogP contribution in [0.3, 0.4) is 0 Å². The number of aliphatic hydroxyl groups excluding tert-OH is 1. The van der Waals surface area contributed by atoms with Crippen LogP contribution in [0.25, 0.3) is 0 Å². The van der Waals surface area contributed by atoms with Crippen LogP contribution in [-0.4, -0.2) is 16.3 Å². The minimum Gasteiger partial charge on any atom is -0.393 e. The molecule has 0 aliphatic heterocycles. The summed E-state index contributed by atoms with van der Waals surface area (Å²) < 4.78 is 0. The van der Waals surface area contributed by atoms with Gasteiger partial charge in [-0.25, -0.2) is 0 Å². The first-order valence-electron chi connectivity index (χ1n) is 14.3. The molecule has 0 amide bonds. The van der Waals surface area contributed by atoms with Crippen molar-refractivity contribution >= 4 is 0 Å². The van der Waals surface area contributed by atoms with Crippen molar-refractivity contribution in [2.75, 3.05) is 0 Å². The second-order valence-electron chi connectivity index (χ2n) is 13.4. The lowest BCUT2D eigenvalue weighted by Gasteiger charge is -2.58. The zero-order valence-electron chi connectivity index (χ0n) is 22.1. The first-order chi connectivity index (χ1) is 16.1. The maximum atomic E-state index is 11.0. The highest BCUT2D eigenvalue weighted by atomic mass is 16.3. The van der Waals surface area contributed by atoms with E-state index >= 15 is 0 Å². The van der Waals surface area contributed by atoms with Crippen molar-refractivity contribution in [3.8, 4) is 0 Å². The van der Waals surface area contributed by atoms with E-state index in [0.29, 0.717) is 10.8 Å². The molecule has 1 aromatic carbocycles. The molecule has 0 bridgehead atoms. The van der Waals surface area contributed by atoms with Gasteiger partial charge in [0.2, 0.25) is 0 Å². The van der Waals surface area contributed by atoms with E-state index in [-0.39, 0.29) is 6.10 Å². The van der Waals surface area contributed by atoms with E-state index in [1.54, 1.807) is 5.57 Å². The smallest absolute Gasteiger partial charge is 0.0868 e. The molecule has 0 spiro atoms. The van der Waals surface area contributed by atoms with Gasteiger partial charge in [0.25, 0.3) is 0 Å². The summed E-state index contributed by atoms with van der Waals surface area (Å²) in [5.74, 6) is 4.10. The topological polar surface area (TPSA) is 40.5 Å². The summed E-state index contributed by atoms with van der Waals surface area (Å²) in [5.41, 5.74) is 2.73. The van der Waals surface area contributed by atoms with Gasteiger partial charge in [0, 0.05) is 0 Å². The van der Waals surface area contributed by atoms with Crippen LogP contribution in [0.1, 0.15) is 104 Å². The summed E-state index contributed by atoms with van der Waals surface area (Å²) in [5, 5.41) is 21.3. The van der Waals surface area contributed by atoms with E-state index in [4.69, 9.17) is 0 Å². The summed E-state index contributed by atoms with van der Waals surface area (Å²) >= 11 is 0. The Morgan fingerprint density at radius 1 is 1.03 bits per heavy atom. The molecule has 0 radical (unpaired) electrons. The van der Waals surface area contributed by atoms with Crippen LogP contribution in [0.5, 0.6) is 0 Å². The number of rotatable bonds is 6.